The number of hydrogen-bond acceptors (Lipinski definition) is 3. The molecule has 4 heteroatoms. The van der Waals surface area contributed by atoms with Crippen LogP contribution in [0.15, 0.2) is 24.3 Å². The molecule has 0 bridgehead atoms. The maximum Gasteiger partial charge on any atom is 0.158 e. The van der Waals surface area contributed by atoms with Gasteiger partial charge in [0.25, 0.3) is 0 Å². The van der Waals surface area contributed by atoms with Crippen molar-refractivity contribution in [3.8, 4) is 11.4 Å². The van der Waals surface area contributed by atoms with E-state index in [4.69, 9.17) is 5.73 Å². The predicted octanol–water partition coefficient (Wildman–Crippen LogP) is 1.50. The second-order valence-corrected chi connectivity index (χ2v) is 3.73. The third-order valence-corrected chi connectivity index (χ3v) is 2.54. The summed E-state index contributed by atoms with van der Waals surface area (Å²) >= 11 is 0. The van der Waals surface area contributed by atoms with Gasteiger partial charge in [0, 0.05) is 25.6 Å². The number of aromatic nitrogens is 3. The lowest BCUT2D eigenvalue weighted by Crippen LogP contribution is -1.98. The van der Waals surface area contributed by atoms with E-state index in [0.29, 0.717) is 6.54 Å². The van der Waals surface area contributed by atoms with E-state index in [1.807, 2.05) is 29.9 Å². The molecule has 16 heavy (non-hydrogen) atoms. The lowest BCUT2D eigenvalue weighted by Gasteiger charge is -2.02. The molecule has 0 saturated heterocycles. The summed E-state index contributed by atoms with van der Waals surface area (Å²) in [5.74, 6) is 1.77. The molecule has 1 aromatic heterocycles. The van der Waals surface area contributed by atoms with Gasteiger partial charge < -0.3 is 5.73 Å². The lowest BCUT2D eigenvalue weighted by molar-refractivity contribution is 0.752. The largest absolute Gasteiger partial charge is 0.326 e. The monoisotopic (exact) mass is 216 g/mol. The van der Waals surface area contributed by atoms with Crippen LogP contribution in [0.4, 0.5) is 0 Å². The van der Waals surface area contributed by atoms with Crippen LogP contribution in [0.1, 0.15) is 18.3 Å². The Labute approximate surface area is 95.1 Å². The van der Waals surface area contributed by atoms with E-state index in [1.165, 1.54) is 0 Å². The van der Waals surface area contributed by atoms with Crippen molar-refractivity contribution in [2.24, 2.45) is 12.8 Å². The number of rotatable bonds is 3. The van der Waals surface area contributed by atoms with Crippen LogP contribution in [-0.4, -0.2) is 14.8 Å². The van der Waals surface area contributed by atoms with Crippen LogP contribution in [-0.2, 0) is 20.0 Å². The Morgan fingerprint density at radius 3 is 2.81 bits per heavy atom. The summed E-state index contributed by atoms with van der Waals surface area (Å²) in [6, 6.07) is 8.10. The Hall–Kier alpha value is -1.68. The van der Waals surface area contributed by atoms with Crippen molar-refractivity contribution in [2.75, 3.05) is 0 Å². The van der Waals surface area contributed by atoms with Gasteiger partial charge in [0.1, 0.15) is 0 Å². The van der Waals surface area contributed by atoms with E-state index >= 15 is 0 Å². The van der Waals surface area contributed by atoms with Crippen LogP contribution in [0.5, 0.6) is 0 Å². The highest BCUT2D eigenvalue weighted by molar-refractivity contribution is 5.56. The van der Waals surface area contributed by atoms with Gasteiger partial charge in [0.05, 0.1) is 0 Å². The van der Waals surface area contributed by atoms with Crippen molar-refractivity contribution in [1.82, 2.24) is 14.8 Å². The normalized spacial score (nSPS) is 10.7. The maximum atomic E-state index is 5.62. The third kappa shape index (κ3) is 1.97. The molecule has 1 heterocycles. The first-order chi connectivity index (χ1) is 7.74. The summed E-state index contributed by atoms with van der Waals surface area (Å²) in [5.41, 5.74) is 7.80. The summed E-state index contributed by atoms with van der Waals surface area (Å²) in [4.78, 5) is 4.48. The highest BCUT2D eigenvalue weighted by Crippen LogP contribution is 2.18. The average molecular weight is 216 g/mol. The second kappa shape index (κ2) is 4.45. The van der Waals surface area contributed by atoms with Crippen molar-refractivity contribution in [3.63, 3.8) is 0 Å². The van der Waals surface area contributed by atoms with E-state index in [9.17, 15) is 0 Å². The Kier molecular flexibility index (Phi) is 3.01. The zero-order valence-electron chi connectivity index (χ0n) is 9.64. The molecule has 0 saturated carbocycles. The molecule has 4 nitrogen and oxygen atoms in total. The first-order valence-corrected chi connectivity index (χ1v) is 5.44. The number of benzene rings is 1. The van der Waals surface area contributed by atoms with Crippen LogP contribution in [0.25, 0.3) is 11.4 Å². The van der Waals surface area contributed by atoms with Gasteiger partial charge >= 0.3 is 0 Å². The van der Waals surface area contributed by atoms with Crippen molar-refractivity contribution in [2.45, 2.75) is 19.9 Å². The molecule has 0 amide bonds. The minimum absolute atomic E-state index is 0.548. The Morgan fingerprint density at radius 1 is 1.38 bits per heavy atom. The highest BCUT2D eigenvalue weighted by atomic mass is 15.3. The molecule has 0 aliphatic heterocycles. The summed E-state index contributed by atoms with van der Waals surface area (Å²) in [6.45, 7) is 2.60. The topological polar surface area (TPSA) is 56.7 Å². The van der Waals surface area contributed by atoms with Crippen LogP contribution < -0.4 is 5.73 Å². The van der Waals surface area contributed by atoms with Gasteiger partial charge in [-0.3, -0.25) is 0 Å². The van der Waals surface area contributed by atoms with E-state index in [1.54, 1.807) is 0 Å². The molecule has 0 fully saturated rings. The SMILES string of the molecule is CCc1nc(-c2cccc(CN)c2)n(C)n1. The third-order valence-electron chi connectivity index (χ3n) is 2.54. The second-order valence-electron chi connectivity index (χ2n) is 3.73. The van der Waals surface area contributed by atoms with Gasteiger partial charge in [-0.1, -0.05) is 25.1 Å². The molecular weight excluding hydrogens is 200 g/mol. The van der Waals surface area contributed by atoms with Crippen molar-refractivity contribution >= 4 is 0 Å². The average Bonchev–Trinajstić information content (AvgIpc) is 2.71. The van der Waals surface area contributed by atoms with Gasteiger partial charge in [-0.2, -0.15) is 5.10 Å². The fraction of sp³-hybridized carbons (Fsp3) is 0.333. The van der Waals surface area contributed by atoms with E-state index < -0.39 is 0 Å². The van der Waals surface area contributed by atoms with Crippen molar-refractivity contribution in [3.05, 3.63) is 35.7 Å². The van der Waals surface area contributed by atoms with Crippen LogP contribution in [0.2, 0.25) is 0 Å². The van der Waals surface area contributed by atoms with Gasteiger partial charge in [-0.25, -0.2) is 9.67 Å². The molecule has 0 unspecified atom stereocenters. The smallest absolute Gasteiger partial charge is 0.158 e. The van der Waals surface area contributed by atoms with Crippen molar-refractivity contribution in [1.29, 1.82) is 0 Å². The summed E-state index contributed by atoms with van der Waals surface area (Å²) in [7, 11) is 1.91. The molecule has 2 N–H and O–H groups in total. The fourth-order valence-corrected chi connectivity index (χ4v) is 1.68. The Bertz CT molecular complexity index is 488. The summed E-state index contributed by atoms with van der Waals surface area (Å²) in [5, 5.41) is 4.34. The first-order valence-electron chi connectivity index (χ1n) is 5.44. The maximum absolute atomic E-state index is 5.62. The minimum Gasteiger partial charge on any atom is -0.326 e. The molecule has 0 aliphatic carbocycles. The quantitative estimate of drug-likeness (QED) is 0.846. The minimum atomic E-state index is 0.548. The first kappa shape index (κ1) is 10.8. The molecule has 84 valence electrons. The molecule has 1 aromatic carbocycles. The van der Waals surface area contributed by atoms with Crippen LogP contribution >= 0.6 is 0 Å². The number of aryl methyl sites for hydroxylation is 2. The molecule has 2 rings (SSSR count). The van der Waals surface area contributed by atoms with Gasteiger partial charge in [-0.05, 0) is 11.6 Å². The lowest BCUT2D eigenvalue weighted by atomic mass is 10.1. The molecular formula is C12H16N4. The van der Waals surface area contributed by atoms with E-state index in [-0.39, 0.29) is 0 Å². The zero-order chi connectivity index (χ0) is 11.5. The Balaban J connectivity index is 2.45. The Morgan fingerprint density at radius 2 is 2.19 bits per heavy atom. The summed E-state index contributed by atoms with van der Waals surface area (Å²) < 4.78 is 1.81. The van der Waals surface area contributed by atoms with Crippen molar-refractivity contribution < 1.29 is 0 Å². The molecule has 0 aliphatic rings. The van der Waals surface area contributed by atoms with Crippen LogP contribution in [0.3, 0.4) is 0 Å². The number of hydrogen-bond donors (Lipinski definition) is 1. The molecule has 0 atom stereocenters. The fourth-order valence-electron chi connectivity index (χ4n) is 1.68. The van der Waals surface area contributed by atoms with Gasteiger partial charge in [-0.15, -0.1) is 0 Å². The number of nitrogens with zero attached hydrogens (tertiary/aromatic N) is 3. The van der Waals surface area contributed by atoms with Crippen LogP contribution in [0, 0.1) is 0 Å². The highest BCUT2D eigenvalue weighted by Gasteiger charge is 2.08. The molecule has 2 aromatic rings. The zero-order valence-corrected chi connectivity index (χ0v) is 9.64. The van der Waals surface area contributed by atoms with Gasteiger partial charge in [0.2, 0.25) is 0 Å². The molecule has 0 radical (unpaired) electrons. The summed E-state index contributed by atoms with van der Waals surface area (Å²) in [6.07, 6.45) is 0.852. The molecule has 0 spiro atoms. The standard InChI is InChI=1S/C12H16N4/c1-3-11-14-12(16(2)15-11)10-6-4-5-9(7-10)8-13/h4-7H,3,8,13H2,1-2H3. The van der Waals surface area contributed by atoms with Gasteiger partial charge in [0.15, 0.2) is 11.6 Å². The number of nitrogens with two attached hydrogens (primary N) is 1. The van der Waals surface area contributed by atoms with E-state index in [2.05, 4.69) is 23.1 Å². The van der Waals surface area contributed by atoms with E-state index in [0.717, 1.165) is 29.2 Å². The predicted molar refractivity (Wildman–Crippen MR) is 63.7 cm³/mol.